The van der Waals surface area contributed by atoms with Crippen molar-refractivity contribution < 1.29 is 28.9 Å². The van der Waals surface area contributed by atoms with E-state index in [4.69, 9.17) is 14.2 Å². The van der Waals surface area contributed by atoms with Crippen molar-refractivity contribution >= 4 is 11.9 Å². The predicted molar refractivity (Wildman–Crippen MR) is 101 cm³/mol. The van der Waals surface area contributed by atoms with E-state index in [-0.39, 0.29) is 23.2 Å². The largest absolute Gasteiger partial charge is 0.493 e. The SMILES string of the molecule is COC(=O)c1cn([C@H](CC(=O)O)c2ccc(OC)c(OC)c2)cc2c(=O)[nH]nc1-2. The van der Waals surface area contributed by atoms with Gasteiger partial charge in [-0.25, -0.2) is 9.89 Å². The van der Waals surface area contributed by atoms with Crippen LogP contribution in [0, 0.1) is 0 Å². The van der Waals surface area contributed by atoms with Gasteiger partial charge >= 0.3 is 11.9 Å². The summed E-state index contributed by atoms with van der Waals surface area (Å²) in [5.41, 5.74) is 0.421. The van der Waals surface area contributed by atoms with Crippen LogP contribution >= 0.6 is 0 Å². The van der Waals surface area contributed by atoms with E-state index in [1.165, 1.54) is 38.3 Å². The topological polar surface area (TPSA) is 133 Å². The number of ether oxygens (including phenoxy) is 3. The number of pyridine rings is 1. The molecular formula is C19H19N3O7. The van der Waals surface area contributed by atoms with Crippen molar-refractivity contribution in [1.29, 1.82) is 0 Å². The summed E-state index contributed by atoms with van der Waals surface area (Å²) in [4.78, 5) is 35.9. The smallest absolute Gasteiger partial charge is 0.341 e. The Labute approximate surface area is 165 Å². The van der Waals surface area contributed by atoms with E-state index < -0.39 is 23.5 Å². The highest BCUT2D eigenvalue weighted by atomic mass is 16.5. The molecule has 2 heterocycles. The number of methoxy groups -OCH3 is 3. The number of H-pyrrole nitrogens is 1. The van der Waals surface area contributed by atoms with Gasteiger partial charge in [0.2, 0.25) is 0 Å². The van der Waals surface area contributed by atoms with Gasteiger partial charge in [-0.2, -0.15) is 5.10 Å². The van der Waals surface area contributed by atoms with Gasteiger partial charge in [0.25, 0.3) is 5.56 Å². The van der Waals surface area contributed by atoms with E-state index in [0.29, 0.717) is 17.1 Å². The van der Waals surface area contributed by atoms with Crippen molar-refractivity contribution in [2.75, 3.05) is 21.3 Å². The number of fused-ring (bicyclic) bond motifs is 1. The van der Waals surface area contributed by atoms with Crippen molar-refractivity contribution in [2.24, 2.45) is 0 Å². The van der Waals surface area contributed by atoms with Gasteiger partial charge in [0.15, 0.2) is 11.5 Å². The number of carbonyl (C=O) groups is 2. The third kappa shape index (κ3) is 3.77. The van der Waals surface area contributed by atoms with E-state index in [0.717, 1.165) is 0 Å². The standard InChI is InChI=1S/C19H19N3O7/c1-27-14-5-4-10(6-15(14)28-2)13(7-16(23)24)22-8-11-17(20-21-18(11)25)12(9-22)19(26)29-3/h4-6,8-9,13H,7H2,1-3H3,(H,21,25)(H,23,24)/t13-/m1/s1. The second kappa shape index (κ2) is 8.05. The lowest BCUT2D eigenvalue weighted by atomic mass is 10.0. The first kappa shape index (κ1) is 19.9. The average Bonchev–Trinajstić information content (AvgIpc) is 3.10. The van der Waals surface area contributed by atoms with Crippen LogP contribution in [0.15, 0.2) is 35.4 Å². The van der Waals surface area contributed by atoms with Crippen LogP contribution in [0.4, 0.5) is 0 Å². The van der Waals surface area contributed by atoms with E-state index in [1.54, 1.807) is 18.2 Å². The second-order valence-corrected chi connectivity index (χ2v) is 6.15. The van der Waals surface area contributed by atoms with Crippen molar-refractivity contribution in [3.8, 4) is 22.8 Å². The Hall–Kier alpha value is -3.82. The summed E-state index contributed by atoms with van der Waals surface area (Å²) in [6.45, 7) is 0. The molecule has 0 amide bonds. The molecule has 152 valence electrons. The number of nitrogens with one attached hydrogen (secondary N) is 1. The van der Waals surface area contributed by atoms with Gasteiger partial charge in [-0.3, -0.25) is 9.59 Å². The quantitative estimate of drug-likeness (QED) is 0.570. The van der Waals surface area contributed by atoms with Gasteiger partial charge in [0, 0.05) is 12.4 Å². The van der Waals surface area contributed by atoms with Crippen LogP contribution in [0.5, 0.6) is 11.5 Å². The Balaban J connectivity index is 2.22. The first-order chi connectivity index (χ1) is 13.9. The molecule has 10 heteroatoms. The molecule has 1 aromatic rings. The fourth-order valence-electron chi connectivity index (χ4n) is 3.12. The maximum Gasteiger partial charge on any atom is 0.341 e. The molecule has 0 radical (unpaired) electrons. The van der Waals surface area contributed by atoms with E-state index in [1.807, 2.05) is 0 Å². The lowest BCUT2D eigenvalue weighted by Gasteiger charge is -2.22. The number of nitrogens with zero attached hydrogens (tertiary/aromatic N) is 2. The van der Waals surface area contributed by atoms with Crippen LogP contribution < -0.4 is 15.0 Å². The van der Waals surface area contributed by atoms with Crippen molar-refractivity contribution in [2.45, 2.75) is 12.5 Å². The van der Waals surface area contributed by atoms with Gasteiger partial charge in [-0.05, 0) is 17.7 Å². The molecule has 2 N–H and O–H groups in total. The highest BCUT2D eigenvalue weighted by Gasteiger charge is 2.26. The zero-order chi connectivity index (χ0) is 21.1. The van der Waals surface area contributed by atoms with E-state index >= 15 is 0 Å². The minimum Gasteiger partial charge on any atom is -0.493 e. The lowest BCUT2D eigenvalue weighted by molar-refractivity contribution is -0.137. The molecular weight excluding hydrogens is 382 g/mol. The molecule has 0 aromatic heterocycles. The Morgan fingerprint density at radius 1 is 1.17 bits per heavy atom. The summed E-state index contributed by atoms with van der Waals surface area (Å²) < 4.78 is 16.8. The van der Waals surface area contributed by atoms with Crippen LogP contribution in [-0.2, 0) is 9.53 Å². The minimum atomic E-state index is -1.06. The summed E-state index contributed by atoms with van der Waals surface area (Å²) in [5.74, 6) is -0.857. The molecule has 0 bridgehead atoms. The molecule has 29 heavy (non-hydrogen) atoms. The van der Waals surface area contributed by atoms with Crippen LogP contribution in [0.1, 0.15) is 28.4 Å². The fraction of sp³-hybridized carbons (Fsp3) is 0.263. The number of aromatic nitrogens is 3. The molecule has 1 atom stereocenters. The van der Waals surface area contributed by atoms with Gasteiger partial charge in [0.05, 0.1) is 39.4 Å². The molecule has 3 rings (SSSR count). The summed E-state index contributed by atoms with van der Waals surface area (Å²) >= 11 is 0. The lowest BCUT2D eigenvalue weighted by Crippen LogP contribution is -2.19. The monoisotopic (exact) mass is 401 g/mol. The second-order valence-electron chi connectivity index (χ2n) is 6.15. The molecule has 10 nitrogen and oxygen atoms in total. The fourth-order valence-corrected chi connectivity index (χ4v) is 3.12. The van der Waals surface area contributed by atoms with Crippen LogP contribution in [0.2, 0.25) is 0 Å². The van der Waals surface area contributed by atoms with E-state index in [9.17, 15) is 19.5 Å². The number of hydrogen-bond acceptors (Lipinski definition) is 7. The summed E-state index contributed by atoms with van der Waals surface area (Å²) in [6, 6.07) is 4.25. The highest BCUT2D eigenvalue weighted by molar-refractivity contribution is 5.96. The van der Waals surface area contributed by atoms with Crippen LogP contribution in [0.3, 0.4) is 0 Å². The molecule has 2 aliphatic rings. The van der Waals surface area contributed by atoms with Crippen molar-refractivity contribution in [3.63, 3.8) is 0 Å². The van der Waals surface area contributed by atoms with Crippen molar-refractivity contribution in [3.05, 3.63) is 52.1 Å². The summed E-state index contributed by atoms with van der Waals surface area (Å²) in [7, 11) is 4.17. The van der Waals surface area contributed by atoms with Gasteiger partial charge < -0.3 is 23.9 Å². The molecule has 2 aliphatic heterocycles. The number of esters is 1. The first-order valence-corrected chi connectivity index (χ1v) is 8.51. The molecule has 0 spiro atoms. The number of aromatic amines is 1. The number of carboxylic acids is 1. The maximum absolute atomic E-state index is 12.2. The minimum absolute atomic E-state index is 0.0409. The Kier molecular flexibility index (Phi) is 5.53. The average molecular weight is 401 g/mol. The normalized spacial score (nSPS) is 11.8. The molecule has 0 saturated heterocycles. The van der Waals surface area contributed by atoms with Gasteiger partial charge in [-0.15, -0.1) is 0 Å². The molecule has 0 aliphatic carbocycles. The van der Waals surface area contributed by atoms with Gasteiger partial charge in [-0.1, -0.05) is 6.07 Å². The summed E-state index contributed by atoms with van der Waals surface area (Å²) in [5, 5.41) is 15.6. The first-order valence-electron chi connectivity index (χ1n) is 8.51. The predicted octanol–water partition coefficient (Wildman–Crippen LogP) is 1.54. The molecule has 1 aromatic carbocycles. The number of hydrogen-bond donors (Lipinski definition) is 2. The highest BCUT2D eigenvalue weighted by Crippen LogP contribution is 2.34. The number of aliphatic carboxylic acids is 1. The molecule has 0 unspecified atom stereocenters. The van der Waals surface area contributed by atoms with Crippen molar-refractivity contribution in [1.82, 2.24) is 14.8 Å². The van der Waals surface area contributed by atoms with Crippen LogP contribution in [-0.4, -0.2) is 53.1 Å². The van der Waals surface area contributed by atoms with Crippen LogP contribution in [0.25, 0.3) is 11.3 Å². The Bertz CT molecular complexity index is 1090. The third-order valence-electron chi connectivity index (χ3n) is 4.51. The molecule has 0 fully saturated rings. The van der Waals surface area contributed by atoms with E-state index in [2.05, 4.69) is 10.2 Å². The number of rotatable bonds is 7. The summed E-state index contributed by atoms with van der Waals surface area (Å²) in [6.07, 6.45) is 2.56. The Morgan fingerprint density at radius 2 is 1.90 bits per heavy atom. The number of benzene rings is 1. The zero-order valence-corrected chi connectivity index (χ0v) is 16.0. The van der Waals surface area contributed by atoms with Gasteiger partial charge in [0.1, 0.15) is 11.3 Å². The third-order valence-corrected chi connectivity index (χ3v) is 4.51. The Morgan fingerprint density at radius 3 is 2.52 bits per heavy atom. The maximum atomic E-state index is 12.2. The zero-order valence-electron chi connectivity index (χ0n) is 16.0. The number of carboxylic acid groups (broad SMARTS) is 1. The molecule has 0 saturated carbocycles. The number of carbonyl (C=O) groups excluding carboxylic acids is 1.